The van der Waals surface area contributed by atoms with Crippen molar-refractivity contribution in [3.63, 3.8) is 0 Å². The number of aliphatic hydroxyl groups is 1. The van der Waals surface area contributed by atoms with Gasteiger partial charge in [-0.2, -0.15) is 0 Å². The van der Waals surface area contributed by atoms with Gasteiger partial charge < -0.3 is 19.3 Å². The molecule has 4 aromatic rings. The fourth-order valence-corrected chi connectivity index (χ4v) is 5.49. The Morgan fingerprint density at radius 2 is 1.72 bits per heavy atom. The molecule has 0 saturated carbocycles. The van der Waals surface area contributed by atoms with E-state index in [0.29, 0.717) is 41.5 Å². The van der Waals surface area contributed by atoms with Gasteiger partial charge in [0.15, 0.2) is 16.6 Å². The topological polar surface area (TPSA) is 98.2 Å². The number of halogens is 1. The molecule has 5 rings (SSSR count). The van der Waals surface area contributed by atoms with Crippen molar-refractivity contribution < 1.29 is 33.3 Å². The number of amides is 1. The average Bonchev–Trinajstić information content (AvgIpc) is 3.47. The molecule has 200 valence electrons. The van der Waals surface area contributed by atoms with Crippen molar-refractivity contribution in [2.75, 3.05) is 25.2 Å². The molecule has 3 aromatic carbocycles. The number of fused-ring (bicyclic) bond motifs is 1. The summed E-state index contributed by atoms with van der Waals surface area (Å²) >= 11 is 1.22. The maximum absolute atomic E-state index is 13.6. The summed E-state index contributed by atoms with van der Waals surface area (Å²) < 4.78 is 31.1. The zero-order valence-corrected chi connectivity index (χ0v) is 22.3. The number of hydrogen-bond donors (Lipinski definition) is 1. The Hall–Kier alpha value is -4.44. The van der Waals surface area contributed by atoms with E-state index in [1.165, 1.54) is 40.5 Å². The van der Waals surface area contributed by atoms with Crippen molar-refractivity contribution in [2.24, 2.45) is 0 Å². The Morgan fingerprint density at radius 1 is 1.00 bits per heavy atom. The minimum atomic E-state index is -1.03. The number of ketones is 1. The van der Waals surface area contributed by atoms with Crippen LogP contribution in [0.4, 0.5) is 9.52 Å². The molecule has 0 aliphatic carbocycles. The highest BCUT2D eigenvalue weighted by Crippen LogP contribution is 2.46. The molecule has 1 saturated heterocycles. The predicted octanol–water partition coefficient (Wildman–Crippen LogP) is 5.87. The summed E-state index contributed by atoms with van der Waals surface area (Å²) in [5, 5.41) is 11.6. The first-order valence-electron chi connectivity index (χ1n) is 12.3. The van der Waals surface area contributed by atoms with Crippen LogP contribution >= 0.6 is 11.3 Å². The zero-order valence-electron chi connectivity index (χ0n) is 21.4. The first-order valence-corrected chi connectivity index (χ1v) is 13.1. The summed E-state index contributed by atoms with van der Waals surface area (Å²) in [6.45, 7) is 4.46. The van der Waals surface area contributed by atoms with Crippen molar-refractivity contribution >= 4 is 44.1 Å². The van der Waals surface area contributed by atoms with Gasteiger partial charge in [-0.3, -0.25) is 14.5 Å². The quantitative estimate of drug-likeness (QED) is 0.167. The fraction of sp³-hybridized carbons (Fsp3) is 0.207. The molecule has 1 aliphatic heterocycles. The minimum absolute atomic E-state index is 0.143. The molecule has 0 bridgehead atoms. The lowest BCUT2D eigenvalue weighted by atomic mass is 9.95. The first kappa shape index (κ1) is 26.2. The van der Waals surface area contributed by atoms with Crippen LogP contribution in [-0.4, -0.2) is 42.1 Å². The number of Topliss-reactive ketones (excluding diaryl/α,β-unsaturated/α-hetero) is 1. The molecule has 0 spiro atoms. The van der Waals surface area contributed by atoms with Gasteiger partial charge in [-0.05, 0) is 74.0 Å². The lowest BCUT2D eigenvalue weighted by Crippen LogP contribution is -2.29. The smallest absolute Gasteiger partial charge is 0.301 e. The summed E-state index contributed by atoms with van der Waals surface area (Å²) in [6.07, 6.45) is 0. The van der Waals surface area contributed by atoms with Crippen LogP contribution in [0.15, 0.2) is 66.2 Å². The van der Waals surface area contributed by atoms with E-state index >= 15 is 0 Å². The number of ether oxygens (including phenoxy) is 3. The molecule has 1 amide bonds. The molecule has 1 aliphatic rings. The second-order valence-corrected chi connectivity index (χ2v) is 9.59. The number of aliphatic hydroxyl groups excluding tert-OH is 1. The third-order valence-corrected chi connectivity index (χ3v) is 7.25. The molecular weight excluding hydrogens is 523 g/mol. The summed E-state index contributed by atoms with van der Waals surface area (Å²) in [7, 11) is 1.55. The average molecular weight is 549 g/mol. The maximum atomic E-state index is 13.6. The fourth-order valence-electron chi connectivity index (χ4n) is 4.47. The third kappa shape index (κ3) is 4.79. The Kier molecular flexibility index (Phi) is 7.21. The summed E-state index contributed by atoms with van der Waals surface area (Å²) in [5.41, 5.74) is 1.18. The van der Waals surface area contributed by atoms with E-state index in [9.17, 15) is 19.1 Å². The monoisotopic (exact) mass is 548 g/mol. The maximum Gasteiger partial charge on any atom is 0.301 e. The summed E-state index contributed by atoms with van der Waals surface area (Å²) in [5.74, 6) is -1.09. The number of benzene rings is 3. The molecule has 1 fully saturated rings. The van der Waals surface area contributed by atoms with Crippen LogP contribution < -0.4 is 19.1 Å². The van der Waals surface area contributed by atoms with E-state index in [0.717, 1.165) is 4.70 Å². The van der Waals surface area contributed by atoms with Gasteiger partial charge >= 0.3 is 5.91 Å². The van der Waals surface area contributed by atoms with E-state index in [1.807, 2.05) is 13.8 Å². The van der Waals surface area contributed by atoms with Crippen LogP contribution in [0.1, 0.15) is 31.0 Å². The molecule has 1 aromatic heterocycles. The summed E-state index contributed by atoms with van der Waals surface area (Å²) in [4.78, 5) is 32.9. The second-order valence-electron chi connectivity index (χ2n) is 8.58. The van der Waals surface area contributed by atoms with Crippen molar-refractivity contribution in [1.29, 1.82) is 0 Å². The van der Waals surface area contributed by atoms with E-state index in [2.05, 4.69) is 4.98 Å². The van der Waals surface area contributed by atoms with Gasteiger partial charge in [-0.1, -0.05) is 17.4 Å². The minimum Gasteiger partial charge on any atom is -0.507 e. The van der Waals surface area contributed by atoms with Crippen molar-refractivity contribution in [3.05, 3.63) is 83.2 Å². The Balaban J connectivity index is 1.72. The van der Waals surface area contributed by atoms with Crippen LogP contribution in [0.5, 0.6) is 17.2 Å². The van der Waals surface area contributed by atoms with E-state index in [4.69, 9.17) is 14.2 Å². The molecule has 0 radical (unpaired) electrons. The largest absolute Gasteiger partial charge is 0.507 e. The number of carbonyl (C=O) groups is 2. The van der Waals surface area contributed by atoms with Crippen LogP contribution in [0, 0.1) is 5.82 Å². The van der Waals surface area contributed by atoms with E-state index < -0.39 is 29.3 Å². The lowest BCUT2D eigenvalue weighted by Gasteiger charge is -2.24. The third-order valence-electron chi connectivity index (χ3n) is 6.24. The van der Waals surface area contributed by atoms with Gasteiger partial charge in [0.2, 0.25) is 0 Å². The summed E-state index contributed by atoms with van der Waals surface area (Å²) in [6, 6.07) is 14.4. The number of thiazole rings is 1. The van der Waals surface area contributed by atoms with Gasteiger partial charge in [0, 0.05) is 5.56 Å². The van der Waals surface area contributed by atoms with E-state index in [1.54, 1.807) is 43.5 Å². The predicted molar refractivity (Wildman–Crippen MR) is 146 cm³/mol. The number of aromatic nitrogens is 1. The highest BCUT2D eigenvalue weighted by molar-refractivity contribution is 7.22. The number of anilines is 1. The van der Waals surface area contributed by atoms with Gasteiger partial charge in [-0.15, -0.1) is 0 Å². The second kappa shape index (κ2) is 10.7. The first-order chi connectivity index (χ1) is 18.9. The standard InChI is InChI=1S/C29H25FN2O6S/c1-4-37-21-13-8-17(14-22(21)38-5-2)25-24(26(33)16-6-9-18(30)10-7-16)27(34)28(35)32(25)29-31-20-12-11-19(36-3)15-23(20)39-29/h6-15,25,33H,4-5H2,1-3H3/b26-24+. The Morgan fingerprint density at radius 3 is 2.41 bits per heavy atom. The molecule has 39 heavy (non-hydrogen) atoms. The molecule has 1 N–H and O–H groups in total. The van der Waals surface area contributed by atoms with Gasteiger partial charge in [0.25, 0.3) is 5.78 Å². The van der Waals surface area contributed by atoms with E-state index in [-0.39, 0.29) is 16.3 Å². The Labute approximate surface area is 227 Å². The van der Waals surface area contributed by atoms with Crippen LogP contribution in [-0.2, 0) is 9.59 Å². The highest BCUT2D eigenvalue weighted by atomic mass is 32.1. The van der Waals surface area contributed by atoms with Gasteiger partial charge in [0.05, 0.1) is 42.2 Å². The van der Waals surface area contributed by atoms with Crippen molar-refractivity contribution in [1.82, 2.24) is 4.98 Å². The van der Waals surface area contributed by atoms with Crippen LogP contribution in [0.3, 0.4) is 0 Å². The number of hydrogen-bond acceptors (Lipinski definition) is 8. The van der Waals surface area contributed by atoms with Crippen molar-refractivity contribution in [3.8, 4) is 17.2 Å². The number of rotatable bonds is 8. The van der Waals surface area contributed by atoms with Crippen molar-refractivity contribution in [2.45, 2.75) is 19.9 Å². The number of methoxy groups -OCH3 is 1. The zero-order chi connectivity index (χ0) is 27.7. The number of carbonyl (C=O) groups excluding carboxylic acids is 2. The Bertz CT molecular complexity index is 1600. The molecular formula is C29H25FN2O6S. The number of nitrogens with zero attached hydrogens (tertiary/aromatic N) is 2. The molecule has 2 heterocycles. The molecule has 8 nitrogen and oxygen atoms in total. The molecule has 1 unspecified atom stereocenters. The SMILES string of the molecule is CCOc1ccc(C2/C(=C(\O)c3ccc(F)cc3)C(=O)C(=O)N2c2nc3ccc(OC)cc3s2)cc1OCC. The highest BCUT2D eigenvalue weighted by Gasteiger charge is 2.48. The van der Waals surface area contributed by atoms with Crippen LogP contribution in [0.2, 0.25) is 0 Å². The molecule has 10 heteroatoms. The van der Waals surface area contributed by atoms with Gasteiger partial charge in [-0.25, -0.2) is 9.37 Å². The van der Waals surface area contributed by atoms with Gasteiger partial charge in [0.1, 0.15) is 17.3 Å². The normalized spacial score (nSPS) is 16.6. The lowest BCUT2D eigenvalue weighted by molar-refractivity contribution is -0.132. The van der Waals surface area contributed by atoms with Crippen LogP contribution in [0.25, 0.3) is 16.0 Å². The molecule has 1 atom stereocenters.